The summed E-state index contributed by atoms with van der Waals surface area (Å²) in [6.45, 7) is 13.2. The zero-order valence-electron chi connectivity index (χ0n) is 39.4. The van der Waals surface area contributed by atoms with Gasteiger partial charge in [0.2, 0.25) is 0 Å². The topological polar surface area (TPSA) is 248 Å². The van der Waals surface area contributed by atoms with Crippen molar-refractivity contribution in [1.29, 1.82) is 0 Å². The number of carboxylic acid groups (broad SMARTS) is 1. The maximum atomic E-state index is 13.2. The highest BCUT2D eigenvalue weighted by atomic mass is 16.7. The fraction of sp³-hybridized carbons (Fsp3) is 0.860. The largest absolute Gasteiger partial charge is 0.481 e. The lowest BCUT2D eigenvalue weighted by molar-refractivity contribution is -0.320. The van der Waals surface area contributed by atoms with Gasteiger partial charge in [0, 0.05) is 73.7 Å². The highest BCUT2D eigenvalue weighted by molar-refractivity contribution is 5.71. The Kier molecular flexibility index (Phi) is 22.8. The van der Waals surface area contributed by atoms with E-state index < -0.39 is 146 Å². The molecule has 20 nitrogen and oxygen atoms in total. The number of carboxylic acids is 1. The molecule has 0 aromatic carbocycles. The Bertz CT molecular complexity index is 1490. The summed E-state index contributed by atoms with van der Waals surface area (Å²) in [5.74, 6) is -6.71. The quantitative estimate of drug-likeness (QED) is 0.0759. The summed E-state index contributed by atoms with van der Waals surface area (Å²) in [5, 5.41) is 20.5. The molecule has 364 valence electrons. The van der Waals surface area contributed by atoms with Gasteiger partial charge in [-0.3, -0.25) is 28.8 Å². The van der Waals surface area contributed by atoms with Gasteiger partial charge in [0.1, 0.15) is 36.6 Å². The lowest BCUT2D eigenvalue weighted by Crippen LogP contribution is -2.68. The van der Waals surface area contributed by atoms with E-state index in [0.29, 0.717) is 0 Å². The van der Waals surface area contributed by atoms with Crippen molar-refractivity contribution in [2.24, 2.45) is 17.8 Å². The number of likely N-dealkylation sites (N-methyl/N-ethyl adjacent to an activating group) is 1. The Morgan fingerprint density at radius 1 is 0.794 bits per heavy atom. The van der Waals surface area contributed by atoms with E-state index in [4.69, 9.17) is 52.1 Å². The summed E-state index contributed by atoms with van der Waals surface area (Å²) in [7, 11) is 7.70. The molecule has 0 saturated carbocycles. The number of esters is 5. The van der Waals surface area contributed by atoms with Crippen molar-refractivity contribution in [3.63, 3.8) is 0 Å². The SMILES string of the molecule is CCC(=O)O[C@H](CC(=O)O)[C@@H](OC)[C@H]([C@@H](CC(OC)OC)C[C@@H](C)[C@H](CO)OC(C)=O)[C@@H]1O[C@H](C)[C@@H](O[C@H]2C[C@@](C)(OC(C)=O)[C@@H](OC(=O)CC)[C@H](C)O2)[C@H](N(C)C)[C@H]1OC(C)=O. The molecule has 0 amide bonds. The van der Waals surface area contributed by atoms with E-state index in [1.807, 2.05) is 0 Å². The average molecular weight is 908 g/mol. The molecule has 0 aliphatic carbocycles. The van der Waals surface area contributed by atoms with Gasteiger partial charge in [-0.1, -0.05) is 20.8 Å². The van der Waals surface area contributed by atoms with Crippen LogP contribution < -0.4 is 0 Å². The highest BCUT2D eigenvalue weighted by Crippen LogP contribution is 2.44. The van der Waals surface area contributed by atoms with Crippen LogP contribution in [0, 0.1) is 17.8 Å². The van der Waals surface area contributed by atoms with Crippen molar-refractivity contribution in [3.05, 3.63) is 0 Å². The first-order valence-electron chi connectivity index (χ1n) is 21.5. The maximum Gasteiger partial charge on any atom is 0.307 e. The van der Waals surface area contributed by atoms with Gasteiger partial charge in [-0.2, -0.15) is 0 Å². The molecule has 2 N–H and O–H groups in total. The average Bonchev–Trinajstić information content (AvgIpc) is 3.18. The van der Waals surface area contributed by atoms with Crippen molar-refractivity contribution >= 4 is 35.8 Å². The number of ether oxygens (including phenoxy) is 11. The first kappa shape index (κ1) is 55.6. The minimum Gasteiger partial charge on any atom is -0.481 e. The lowest BCUT2D eigenvalue weighted by atomic mass is 9.70. The standard InChI is InChI=1S/C43H73NO19/c1-15-32(51)60-29(19-31(49)50)39(55-14)36(28(18-34(53-12)54-13)17-22(3)30(21-45)58-25(6)46)40-41(59-26(7)47)37(44(10)11)38(23(4)57-40)62-35-20-43(9,63-27(8)48)42(24(5)56-35)61-33(52)16-2/h22-24,28-30,34-42,45H,15-21H2,1-14H3,(H,49,50)/t22-,23-,24+,28-,29-,30+,35+,36+,37+,38-,39-,40+,41-,42+,43-/m1/s1. The highest BCUT2D eigenvalue weighted by Gasteiger charge is 2.58. The molecule has 0 radical (unpaired) electrons. The molecule has 2 saturated heterocycles. The Morgan fingerprint density at radius 2 is 1.41 bits per heavy atom. The molecule has 20 heteroatoms. The summed E-state index contributed by atoms with van der Waals surface area (Å²) < 4.78 is 66.5. The third-order valence-corrected chi connectivity index (χ3v) is 11.6. The second kappa shape index (κ2) is 25.8. The van der Waals surface area contributed by atoms with Gasteiger partial charge in [0.15, 0.2) is 24.3 Å². The van der Waals surface area contributed by atoms with Crippen LogP contribution in [0.5, 0.6) is 0 Å². The molecule has 2 heterocycles. The lowest BCUT2D eigenvalue weighted by Gasteiger charge is -2.53. The summed E-state index contributed by atoms with van der Waals surface area (Å²) in [5.41, 5.74) is -1.38. The predicted molar refractivity (Wildman–Crippen MR) is 221 cm³/mol. The van der Waals surface area contributed by atoms with Crippen LogP contribution in [0.2, 0.25) is 0 Å². The van der Waals surface area contributed by atoms with E-state index in [-0.39, 0.29) is 32.1 Å². The van der Waals surface area contributed by atoms with Gasteiger partial charge < -0.3 is 67.2 Å². The van der Waals surface area contributed by atoms with Crippen molar-refractivity contribution in [1.82, 2.24) is 4.90 Å². The molecule has 0 aromatic rings. The number of carbonyl (C=O) groups is 6. The Labute approximate surface area is 371 Å². The first-order valence-corrected chi connectivity index (χ1v) is 21.5. The molecule has 0 bridgehead atoms. The van der Waals surface area contributed by atoms with E-state index in [9.17, 15) is 39.0 Å². The molecule has 2 rings (SSSR count). The maximum absolute atomic E-state index is 13.2. The van der Waals surface area contributed by atoms with Crippen molar-refractivity contribution in [3.8, 4) is 0 Å². The Balaban J connectivity index is 2.92. The fourth-order valence-electron chi connectivity index (χ4n) is 8.96. The number of rotatable bonds is 25. The minimum absolute atomic E-state index is 0.0681. The molecule has 0 spiro atoms. The van der Waals surface area contributed by atoms with Gasteiger partial charge in [0.05, 0.1) is 31.3 Å². The van der Waals surface area contributed by atoms with Gasteiger partial charge in [0.25, 0.3) is 0 Å². The third-order valence-electron chi connectivity index (χ3n) is 11.6. The monoisotopic (exact) mass is 907 g/mol. The minimum atomic E-state index is -1.40. The Hall–Kier alpha value is -3.50. The van der Waals surface area contributed by atoms with Gasteiger partial charge in [-0.25, -0.2) is 0 Å². The number of nitrogens with zero attached hydrogens (tertiary/aromatic N) is 1. The Morgan fingerprint density at radius 3 is 1.89 bits per heavy atom. The molecular formula is C43H73NO19. The third kappa shape index (κ3) is 15.9. The van der Waals surface area contributed by atoms with Crippen molar-refractivity contribution in [2.45, 2.75) is 180 Å². The molecule has 2 aliphatic heterocycles. The summed E-state index contributed by atoms with van der Waals surface area (Å²) in [6.07, 6.45) is -12.0. The second-order valence-electron chi connectivity index (χ2n) is 16.8. The van der Waals surface area contributed by atoms with Crippen LogP contribution in [-0.4, -0.2) is 172 Å². The smallest absolute Gasteiger partial charge is 0.307 e. The van der Waals surface area contributed by atoms with Crippen LogP contribution in [0.15, 0.2) is 0 Å². The van der Waals surface area contributed by atoms with Crippen LogP contribution in [0.3, 0.4) is 0 Å². The first-order chi connectivity index (χ1) is 29.5. The molecule has 0 unspecified atom stereocenters. The number of carbonyl (C=O) groups excluding carboxylic acids is 5. The van der Waals surface area contributed by atoms with Gasteiger partial charge in [-0.05, 0) is 53.1 Å². The van der Waals surface area contributed by atoms with Crippen molar-refractivity contribution < 1.29 is 91.1 Å². The number of methoxy groups -OCH3 is 3. The van der Waals surface area contributed by atoms with Crippen LogP contribution in [-0.2, 0) is 80.9 Å². The van der Waals surface area contributed by atoms with E-state index in [0.717, 1.165) is 0 Å². The molecule has 63 heavy (non-hydrogen) atoms. The number of hydrogen-bond acceptors (Lipinski definition) is 19. The molecule has 2 aliphatic rings. The van der Waals surface area contributed by atoms with E-state index >= 15 is 0 Å². The fourth-order valence-corrected chi connectivity index (χ4v) is 8.96. The van der Waals surface area contributed by atoms with Crippen molar-refractivity contribution in [2.75, 3.05) is 42.0 Å². The zero-order valence-corrected chi connectivity index (χ0v) is 39.4. The summed E-state index contributed by atoms with van der Waals surface area (Å²) >= 11 is 0. The van der Waals surface area contributed by atoms with E-state index in [1.165, 1.54) is 42.1 Å². The number of aliphatic hydroxyl groups excluding tert-OH is 1. The molecule has 2 fully saturated rings. The molecular weight excluding hydrogens is 834 g/mol. The van der Waals surface area contributed by atoms with Crippen LogP contribution >= 0.6 is 0 Å². The van der Waals surface area contributed by atoms with Gasteiger partial charge >= 0.3 is 35.8 Å². The predicted octanol–water partition coefficient (Wildman–Crippen LogP) is 2.80. The normalized spacial score (nSPS) is 29.1. The van der Waals surface area contributed by atoms with E-state index in [2.05, 4.69) is 0 Å². The summed E-state index contributed by atoms with van der Waals surface area (Å²) in [6, 6.07) is -0.835. The second-order valence-corrected chi connectivity index (χ2v) is 16.8. The molecule has 15 atom stereocenters. The van der Waals surface area contributed by atoms with Crippen LogP contribution in [0.1, 0.15) is 101 Å². The number of aliphatic hydroxyl groups is 1. The number of hydrogen-bond donors (Lipinski definition) is 2. The zero-order chi connectivity index (χ0) is 47.9. The summed E-state index contributed by atoms with van der Waals surface area (Å²) in [4.78, 5) is 77.4. The van der Waals surface area contributed by atoms with E-state index in [1.54, 1.807) is 60.5 Å². The van der Waals surface area contributed by atoms with Crippen LogP contribution in [0.25, 0.3) is 0 Å². The van der Waals surface area contributed by atoms with Crippen LogP contribution in [0.4, 0.5) is 0 Å². The number of aliphatic carboxylic acids is 1. The van der Waals surface area contributed by atoms with Gasteiger partial charge in [-0.15, -0.1) is 0 Å². The molecule has 0 aromatic heterocycles.